The molecule has 1 aromatic rings. The monoisotopic (exact) mass is 703 g/mol. The van der Waals surface area contributed by atoms with Crippen LogP contribution in [0.1, 0.15) is 33.6 Å². The molecule has 1 N–H and O–H groups in total. The van der Waals surface area contributed by atoms with Gasteiger partial charge in [-0.1, -0.05) is 23.8 Å². The van der Waals surface area contributed by atoms with E-state index in [0.29, 0.717) is 55.8 Å². The van der Waals surface area contributed by atoms with Crippen LogP contribution in [0.5, 0.6) is 5.75 Å². The summed E-state index contributed by atoms with van der Waals surface area (Å²) in [4.78, 5) is 30.4. The van der Waals surface area contributed by atoms with Gasteiger partial charge in [-0.2, -0.15) is 0 Å². The Kier molecular flexibility index (Phi) is 8.81. The smallest absolute Gasteiger partial charge is 0.411 e. The Morgan fingerprint density at radius 3 is 2.71 bits per heavy atom. The highest BCUT2D eigenvalue weighted by Gasteiger charge is 2.56. The van der Waals surface area contributed by atoms with Gasteiger partial charge in [0.2, 0.25) is 0 Å². The number of fused-ring (bicyclic) bond motifs is 2. The second-order valence-corrected chi connectivity index (χ2v) is 16.3. The van der Waals surface area contributed by atoms with Crippen LogP contribution in [-0.4, -0.2) is 101 Å². The van der Waals surface area contributed by atoms with E-state index in [-0.39, 0.29) is 54.2 Å². The third kappa shape index (κ3) is 6.24. The van der Waals surface area contributed by atoms with Gasteiger partial charge >= 0.3 is 6.09 Å². The molecule has 2 saturated heterocycles. The van der Waals surface area contributed by atoms with Crippen molar-refractivity contribution in [1.82, 2.24) is 9.62 Å². The van der Waals surface area contributed by atoms with Crippen LogP contribution in [0, 0.1) is 17.3 Å². The Bertz CT molecular complexity index is 1660. The maximum atomic E-state index is 13.6. The van der Waals surface area contributed by atoms with Crippen molar-refractivity contribution in [2.75, 3.05) is 51.0 Å². The lowest BCUT2D eigenvalue weighted by atomic mass is 9.64. The molecule has 6 atom stereocenters. The van der Waals surface area contributed by atoms with Crippen molar-refractivity contribution < 1.29 is 41.7 Å². The molecule has 0 spiro atoms. The van der Waals surface area contributed by atoms with E-state index in [9.17, 15) is 18.0 Å². The zero-order valence-corrected chi connectivity index (χ0v) is 28.9. The van der Waals surface area contributed by atoms with Crippen LogP contribution in [0.25, 0.3) is 0 Å². The van der Waals surface area contributed by atoms with Crippen LogP contribution >= 0.6 is 11.6 Å². The molecule has 260 valence electrons. The summed E-state index contributed by atoms with van der Waals surface area (Å²) in [7, 11) is -4.27. The number of ether oxygens (including phenoxy) is 5. The summed E-state index contributed by atoms with van der Waals surface area (Å²) in [6.45, 7) is 7.84. The summed E-state index contributed by atoms with van der Waals surface area (Å²) in [5.41, 5.74) is -1.40. The third-order valence-corrected chi connectivity index (χ3v) is 12.0. The molecule has 12 nitrogen and oxygen atoms in total. The zero-order chi connectivity index (χ0) is 33.8. The van der Waals surface area contributed by atoms with Crippen LogP contribution in [0.2, 0.25) is 0 Å². The van der Waals surface area contributed by atoms with Gasteiger partial charge in [-0.3, -0.25) is 9.69 Å². The predicted octanol–water partition coefficient (Wildman–Crippen LogP) is 3.75. The van der Waals surface area contributed by atoms with Gasteiger partial charge in [0.25, 0.3) is 15.9 Å². The van der Waals surface area contributed by atoms with Crippen LogP contribution < -0.4 is 14.4 Å². The molecule has 0 aromatic heterocycles. The first-order chi connectivity index (χ1) is 22.8. The van der Waals surface area contributed by atoms with E-state index >= 15 is 0 Å². The minimum atomic E-state index is -4.27. The number of benzene rings is 1. The first-order valence-electron chi connectivity index (χ1n) is 16.5. The fourth-order valence-corrected chi connectivity index (χ4v) is 8.65. The summed E-state index contributed by atoms with van der Waals surface area (Å²) < 4.78 is 59.6. The highest BCUT2D eigenvalue weighted by Crippen LogP contribution is 2.48. The van der Waals surface area contributed by atoms with E-state index in [1.54, 1.807) is 18.2 Å². The molecule has 2 bridgehead atoms. The molecule has 3 unspecified atom stereocenters. The van der Waals surface area contributed by atoms with Gasteiger partial charge in [-0.05, 0) is 76.0 Å². The average Bonchev–Trinajstić information content (AvgIpc) is 3.01. The van der Waals surface area contributed by atoms with Gasteiger partial charge < -0.3 is 28.6 Å². The Morgan fingerprint density at radius 1 is 1.12 bits per heavy atom. The molecule has 48 heavy (non-hydrogen) atoms. The summed E-state index contributed by atoms with van der Waals surface area (Å²) in [5, 5.41) is 0.600. The molecule has 1 saturated carbocycles. The Hall–Kier alpha value is -3.10. The Morgan fingerprint density at radius 2 is 1.94 bits per heavy atom. The van der Waals surface area contributed by atoms with Crippen LogP contribution in [-0.2, 0) is 33.8 Å². The molecular weight excluding hydrogens is 662 g/mol. The molecule has 2 aliphatic carbocycles. The summed E-state index contributed by atoms with van der Waals surface area (Å²) >= 11 is 6.36. The number of halogens is 1. The number of nitrogens with one attached hydrogen (secondary N) is 1. The molecule has 0 radical (unpaired) electrons. The maximum Gasteiger partial charge on any atom is 0.411 e. The van der Waals surface area contributed by atoms with Crippen LogP contribution in [0.3, 0.4) is 0 Å². The number of carbonyl (C=O) groups is 2. The zero-order valence-electron chi connectivity index (χ0n) is 27.3. The SMILES string of the molecule is CC1(C)OC/C=C/[C@@H]2OC(=O)N(C3COC3)C3C[C@@H](CN4CCCOC5C=C(Cl)C=CC5(C)COc5ccc(cc54)S(=O)(=O)NC1=O)[C@@H]32. The fraction of sp³-hybridized carbons (Fsp3) is 0.588. The second-order valence-electron chi connectivity index (χ2n) is 14.2. The van der Waals surface area contributed by atoms with Crippen molar-refractivity contribution in [2.45, 2.75) is 68.4 Å². The number of rotatable bonds is 1. The van der Waals surface area contributed by atoms with E-state index < -0.39 is 33.1 Å². The summed E-state index contributed by atoms with van der Waals surface area (Å²) in [6.07, 6.45) is 9.53. The number of amides is 2. The molecule has 6 aliphatic rings. The predicted molar refractivity (Wildman–Crippen MR) is 176 cm³/mol. The van der Waals surface area contributed by atoms with Gasteiger partial charge in [0.1, 0.15) is 17.5 Å². The van der Waals surface area contributed by atoms with E-state index in [1.807, 2.05) is 36.1 Å². The molecule has 1 aromatic carbocycles. The van der Waals surface area contributed by atoms with Crippen molar-refractivity contribution in [3.8, 4) is 5.75 Å². The van der Waals surface area contributed by atoms with Gasteiger partial charge in [-0.15, -0.1) is 0 Å². The van der Waals surface area contributed by atoms with E-state index in [1.165, 1.54) is 19.9 Å². The largest absolute Gasteiger partial charge is 0.490 e. The number of hydrogen-bond acceptors (Lipinski definition) is 10. The highest BCUT2D eigenvalue weighted by atomic mass is 35.5. The normalized spacial score (nSPS) is 35.5. The number of sulfonamides is 1. The topological polar surface area (TPSA) is 133 Å². The summed E-state index contributed by atoms with van der Waals surface area (Å²) in [6, 6.07) is 4.62. The molecule has 2 amide bonds. The Balaban J connectivity index is 1.28. The van der Waals surface area contributed by atoms with Gasteiger partial charge in [0.05, 0.1) is 49.2 Å². The number of anilines is 1. The maximum absolute atomic E-state index is 13.6. The molecule has 4 heterocycles. The molecular formula is C34H42ClN3O9S. The number of nitrogens with zero attached hydrogens (tertiary/aromatic N) is 2. The number of hydrogen-bond donors (Lipinski definition) is 1. The second kappa shape index (κ2) is 12.7. The van der Waals surface area contributed by atoms with Crippen molar-refractivity contribution in [1.29, 1.82) is 0 Å². The Labute approximate surface area is 286 Å². The number of allylic oxidation sites excluding steroid dienone is 2. The number of carbonyl (C=O) groups excluding carboxylic acids is 2. The minimum Gasteiger partial charge on any atom is -0.490 e. The standard InChI is InChI=1S/C34H42ClN3O9S/c1-33(2)31(39)36-48(41,42)24-7-8-27-25(16-24)37(11-5-12-44-29-15-22(35)9-10-34(29,3)20-45-27)17-21-14-26-30(21)28(6-4-13-46-33)47-32(40)38(26)23-18-43-19-23/h4,6-10,15-16,21,23,26,28-30H,5,11-14,17-20H2,1-3H3,(H,36,39)/b6-4+/t21-,26?,28-,29?,30-,34?/m0/s1. The van der Waals surface area contributed by atoms with Crippen molar-refractivity contribution in [2.24, 2.45) is 17.3 Å². The minimum absolute atomic E-state index is 0.0189. The lowest BCUT2D eigenvalue weighted by molar-refractivity contribution is -0.153. The fourth-order valence-electron chi connectivity index (χ4n) is 7.35. The van der Waals surface area contributed by atoms with Crippen molar-refractivity contribution >= 4 is 39.3 Å². The van der Waals surface area contributed by atoms with Gasteiger partial charge in [0.15, 0.2) is 0 Å². The van der Waals surface area contributed by atoms with Crippen LogP contribution in [0.15, 0.2) is 58.5 Å². The lowest BCUT2D eigenvalue weighted by Gasteiger charge is -2.58. The van der Waals surface area contributed by atoms with E-state index in [2.05, 4.69) is 9.62 Å². The van der Waals surface area contributed by atoms with Crippen LogP contribution in [0.4, 0.5) is 10.5 Å². The van der Waals surface area contributed by atoms with Gasteiger partial charge in [-0.25, -0.2) is 17.9 Å². The van der Waals surface area contributed by atoms with Gasteiger partial charge in [0, 0.05) is 42.1 Å². The molecule has 4 aliphatic heterocycles. The van der Waals surface area contributed by atoms with E-state index in [0.717, 1.165) is 6.42 Å². The van der Waals surface area contributed by atoms with Crippen molar-refractivity contribution in [3.05, 3.63) is 53.6 Å². The van der Waals surface area contributed by atoms with Crippen molar-refractivity contribution in [3.63, 3.8) is 0 Å². The van der Waals surface area contributed by atoms with E-state index in [4.69, 9.17) is 35.3 Å². The average molecular weight is 704 g/mol. The molecule has 7 rings (SSSR count). The third-order valence-electron chi connectivity index (χ3n) is 10.4. The first-order valence-corrected chi connectivity index (χ1v) is 18.4. The first kappa shape index (κ1) is 33.4. The quantitative estimate of drug-likeness (QED) is 0.432. The summed E-state index contributed by atoms with van der Waals surface area (Å²) in [5.74, 6) is -0.207. The molecule has 3 fully saturated rings. The lowest BCUT2D eigenvalue weighted by Crippen LogP contribution is -2.69. The highest BCUT2D eigenvalue weighted by molar-refractivity contribution is 7.90. The molecule has 14 heteroatoms.